The average Bonchev–Trinajstić information content (AvgIpc) is 2.94. The second kappa shape index (κ2) is 7.86. The van der Waals surface area contributed by atoms with Crippen molar-refractivity contribution in [1.82, 2.24) is 4.57 Å². The Hall–Kier alpha value is -2.41. The molecule has 3 aromatic rings. The topological polar surface area (TPSA) is 43.6 Å². The van der Waals surface area contributed by atoms with E-state index in [4.69, 9.17) is 4.74 Å². The van der Waals surface area contributed by atoms with Gasteiger partial charge in [0.15, 0.2) is 0 Å². The van der Waals surface area contributed by atoms with Crippen LogP contribution in [0.2, 0.25) is 0 Å². The number of aryl methyl sites for hydroxylation is 1. The van der Waals surface area contributed by atoms with E-state index in [-0.39, 0.29) is 5.97 Å². The minimum Gasteiger partial charge on any atom is -0.465 e. The lowest BCUT2D eigenvalue weighted by Crippen LogP contribution is -2.00. The third-order valence-electron chi connectivity index (χ3n) is 4.20. The number of hydrogen-bond donors (Lipinski definition) is 0. The van der Waals surface area contributed by atoms with E-state index in [1.165, 1.54) is 10.7 Å². The summed E-state index contributed by atoms with van der Waals surface area (Å²) in [4.78, 5) is 16.0. The third kappa shape index (κ3) is 3.88. The van der Waals surface area contributed by atoms with Gasteiger partial charge in [0.1, 0.15) is 0 Å². The molecule has 0 aliphatic rings. The lowest BCUT2D eigenvalue weighted by atomic mass is 10.2. The minimum atomic E-state index is -0.346. The van der Waals surface area contributed by atoms with Crippen molar-refractivity contribution >= 4 is 40.5 Å². The number of aromatic nitrogens is 1. The van der Waals surface area contributed by atoms with Crippen LogP contribution < -0.4 is 0 Å². The molecular formula is C21H19IN2O2. The SMILES string of the molecule is COC(=O)c1ccc(N=Cc2cc(C)n(-c3ccc(I)cc3)c2C)cc1. The number of hydrogen-bond acceptors (Lipinski definition) is 3. The van der Waals surface area contributed by atoms with Gasteiger partial charge in [0.05, 0.1) is 18.4 Å². The molecule has 0 amide bonds. The number of benzene rings is 2. The fourth-order valence-corrected chi connectivity index (χ4v) is 3.21. The molecule has 0 bridgehead atoms. The first kappa shape index (κ1) is 18.4. The largest absolute Gasteiger partial charge is 0.465 e. The predicted octanol–water partition coefficient (Wildman–Crippen LogP) is 5.24. The zero-order valence-corrected chi connectivity index (χ0v) is 17.0. The van der Waals surface area contributed by atoms with Gasteiger partial charge >= 0.3 is 5.97 Å². The first-order chi connectivity index (χ1) is 12.5. The van der Waals surface area contributed by atoms with Gasteiger partial charge in [0.2, 0.25) is 0 Å². The second-order valence-electron chi connectivity index (χ2n) is 5.93. The Balaban J connectivity index is 1.86. The molecule has 0 saturated carbocycles. The molecule has 1 aromatic heterocycles. The van der Waals surface area contributed by atoms with E-state index in [2.05, 4.69) is 76.3 Å². The van der Waals surface area contributed by atoms with Crippen molar-refractivity contribution in [3.05, 3.63) is 80.7 Å². The Morgan fingerprint density at radius 3 is 2.35 bits per heavy atom. The molecule has 0 aliphatic heterocycles. The van der Waals surface area contributed by atoms with Gasteiger partial charge in [0.25, 0.3) is 0 Å². The Bertz CT molecular complexity index is 955. The van der Waals surface area contributed by atoms with Crippen LogP contribution in [-0.2, 0) is 4.74 Å². The van der Waals surface area contributed by atoms with Crippen LogP contribution in [0.15, 0.2) is 59.6 Å². The van der Waals surface area contributed by atoms with Gasteiger partial charge in [-0.1, -0.05) is 0 Å². The van der Waals surface area contributed by atoms with Gasteiger partial charge in [-0.05, 0) is 91.0 Å². The number of carbonyl (C=O) groups is 1. The van der Waals surface area contributed by atoms with Crippen LogP contribution in [0.5, 0.6) is 0 Å². The summed E-state index contributed by atoms with van der Waals surface area (Å²) in [5.41, 5.74) is 5.81. The molecule has 132 valence electrons. The van der Waals surface area contributed by atoms with Crippen LogP contribution in [-0.4, -0.2) is 23.9 Å². The van der Waals surface area contributed by atoms with Crippen LogP contribution in [0.1, 0.15) is 27.3 Å². The maximum atomic E-state index is 11.5. The number of nitrogens with zero attached hydrogens (tertiary/aromatic N) is 2. The Labute approximate surface area is 166 Å². The molecule has 5 heteroatoms. The molecule has 0 N–H and O–H groups in total. The molecule has 2 aromatic carbocycles. The maximum Gasteiger partial charge on any atom is 0.337 e. The molecule has 0 spiro atoms. The summed E-state index contributed by atoms with van der Waals surface area (Å²) in [6, 6.07) is 17.6. The number of aliphatic imine (C=N–C) groups is 1. The molecule has 0 radical (unpaired) electrons. The van der Waals surface area contributed by atoms with E-state index in [0.29, 0.717) is 5.56 Å². The number of esters is 1. The molecule has 0 aliphatic carbocycles. The molecule has 4 nitrogen and oxygen atoms in total. The highest BCUT2D eigenvalue weighted by Crippen LogP contribution is 2.21. The number of ether oxygens (including phenoxy) is 1. The minimum absolute atomic E-state index is 0.346. The fraction of sp³-hybridized carbons (Fsp3) is 0.143. The van der Waals surface area contributed by atoms with Crippen molar-refractivity contribution in [2.45, 2.75) is 13.8 Å². The van der Waals surface area contributed by atoms with E-state index in [1.54, 1.807) is 24.3 Å². The summed E-state index contributed by atoms with van der Waals surface area (Å²) in [6.07, 6.45) is 1.86. The molecule has 0 fully saturated rings. The number of carbonyl (C=O) groups excluding carboxylic acids is 1. The van der Waals surface area contributed by atoms with Crippen LogP contribution in [0.4, 0.5) is 5.69 Å². The Morgan fingerprint density at radius 1 is 1.08 bits per heavy atom. The molecule has 0 unspecified atom stereocenters. The van der Waals surface area contributed by atoms with Crippen molar-refractivity contribution in [3.63, 3.8) is 0 Å². The van der Waals surface area contributed by atoms with E-state index < -0.39 is 0 Å². The zero-order chi connectivity index (χ0) is 18.7. The van der Waals surface area contributed by atoms with Crippen molar-refractivity contribution in [2.24, 2.45) is 4.99 Å². The zero-order valence-electron chi connectivity index (χ0n) is 14.9. The molecule has 1 heterocycles. The lowest BCUT2D eigenvalue weighted by Gasteiger charge is -2.09. The average molecular weight is 458 g/mol. The summed E-state index contributed by atoms with van der Waals surface area (Å²) >= 11 is 2.31. The maximum absolute atomic E-state index is 11.5. The van der Waals surface area contributed by atoms with Gasteiger partial charge in [-0.2, -0.15) is 0 Å². The van der Waals surface area contributed by atoms with E-state index >= 15 is 0 Å². The van der Waals surface area contributed by atoms with Crippen LogP contribution >= 0.6 is 22.6 Å². The standard InChI is InChI=1S/C21H19IN2O2/c1-14-12-17(15(2)24(14)20-10-6-18(22)7-11-20)13-23-19-8-4-16(5-9-19)21(25)26-3/h4-13H,1-3H3. The fourth-order valence-electron chi connectivity index (χ4n) is 2.85. The molecule has 26 heavy (non-hydrogen) atoms. The van der Waals surface area contributed by atoms with Crippen LogP contribution in [0.25, 0.3) is 5.69 Å². The van der Waals surface area contributed by atoms with Crippen molar-refractivity contribution in [2.75, 3.05) is 7.11 Å². The molecule has 0 atom stereocenters. The summed E-state index contributed by atoms with van der Waals surface area (Å²) in [7, 11) is 1.37. The molecular weight excluding hydrogens is 439 g/mol. The second-order valence-corrected chi connectivity index (χ2v) is 7.18. The normalized spacial score (nSPS) is 11.1. The number of methoxy groups -OCH3 is 1. The van der Waals surface area contributed by atoms with Crippen molar-refractivity contribution in [3.8, 4) is 5.69 Å². The number of halogens is 1. The third-order valence-corrected chi connectivity index (χ3v) is 4.92. The van der Waals surface area contributed by atoms with E-state index in [9.17, 15) is 4.79 Å². The highest BCUT2D eigenvalue weighted by atomic mass is 127. The summed E-state index contributed by atoms with van der Waals surface area (Å²) in [6.45, 7) is 4.18. The first-order valence-corrected chi connectivity index (χ1v) is 9.25. The highest BCUT2D eigenvalue weighted by molar-refractivity contribution is 14.1. The van der Waals surface area contributed by atoms with Gasteiger partial charge < -0.3 is 9.30 Å². The Morgan fingerprint density at radius 2 is 1.73 bits per heavy atom. The Kier molecular flexibility index (Phi) is 5.56. The summed E-state index contributed by atoms with van der Waals surface area (Å²) < 4.78 is 8.14. The lowest BCUT2D eigenvalue weighted by molar-refractivity contribution is 0.0601. The predicted molar refractivity (Wildman–Crippen MR) is 113 cm³/mol. The smallest absolute Gasteiger partial charge is 0.337 e. The van der Waals surface area contributed by atoms with Crippen molar-refractivity contribution < 1.29 is 9.53 Å². The van der Waals surface area contributed by atoms with Crippen LogP contribution in [0, 0.1) is 17.4 Å². The van der Waals surface area contributed by atoms with Crippen LogP contribution in [0.3, 0.4) is 0 Å². The van der Waals surface area contributed by atoms with Gasteiger partial charge in [0, 0.05) is 32.4 Å². The summed E-state index contributed by atoms with van der Waals surface area (Å²) in [5.74, 6) is -0.346. The van der Waals surface area contributed by atoms with E-state index in [1.807, 2.05) is 6.21 Å². The van der Waals surface area contributed by atoms with Gasteiger partial charge in [-0.25, -0.2) is 4.79 Å². The highest BCUT2D eigenvalue weighted by Gasteiger charge is 2.09. The monoisotopic (exact) mass is 458 g/mol. The number of rotatable bonds is 4. The van der Waals surface area contributed by atoms with Gasteiger partial charge in [-0.15, -0.1) is 0 Å². The van der Waals surface area contributed by atoms with Gasteiger partial charge in [-0.3, -0.25) is 4.99 Å². The molecule has 3 rings (SSSR count). The van der Waals surface area contributed by atoms with E-state index in [0.717, 1.165) is 28.3 Å². The van der Waals surface area contributed by atoms with Crippen molar-refractivity contribution in [1.29, 1.82) is 0 Å². The molecule has 0 saturated heterocycles. The quantitative estimate of drug-likeness (QED) is 0.305. The first-order valence-electron chi connectivity index (χ1n) is 8.17. The summed E-state index contributed by atoms with van der Waals surface area (Å²) in [5, 5.41) is 0.